The molecule has 0 spiro atoms. The zero-order valence-electron chi connectivity index (χ0n) is 20.9. The highest BCUT2D eigenvalue weighted by Crippen LogP contribution is 2.32. The second-order valence-electron chi connectivity index (χ2n) is 9.71. The van der Waals surface area contributed by atoms with Crippen LogP contribution in [0, 0.1) is 6.92 Å². The van der Waals surface area contributed by atoms with Gasteiger partial charge in [0, 0.05) is 24.8 Å². The largest absolute Gasteiger partial charge is 0.496 e. The fraction of sp³-hybridized carbons (Fsp3) is 0.500. The van der Waals surface area contributed by atoms with Crippen molar-refractivity contribution in [2.75, 3.05) is 32.6 Å². The Bertz CT molecular complexity index is 1090. The number of likely N-dealkylation sites (tertiary alicyclic amines) is 1. The van der Waals surface area contributed by atoms with Gasteiger partial charge in [0.2, 0.25) is 0 Å². The van der Waals surface area contributed by atoms with E-state index in [2.05, 4.69) is 70.0 Å². The first kappa shape index (κ1) is 24.3. The monoisotopic (exact) mass is 492 g/mol. The van der Waals surface area contributed by atoms with Crippen LogP contribution in [0.15, 0.2) is 53.7 Å². The molecule has 3 heterocycles. The van der Waals surface area contributed by atoms with Gasteiger partial charge in [0.25, 0.3) is 0 Å². The Hall–Kier alpha value is -2.35. The average Bonchev–Trinajstić information content (AvgIpc) is 3.54. The van der Waals surface area contributed by atoms with E-state index in [9.17, 15) is 0 Å². The molecule has 2 fully saturated rings. The minimum atomic E-state index is 0.343. The molecule has 2 aliphatic heterocycles. The summed E-state index contributed by atoms with van der Waals surface area (Å²) in [5.74, 6) is 3.49. The molecule has 1 aromatic heterocycles. The molecule has 2 aliphatic rings. The number of piperidine rings is 1. The van der Waals surface area contributed by atoms with Crippen LogP contribution in [0.4, 0.5) is 0 Å². The van der Waals surface area contributed by atoms with Crippen molar-refractivity contribution < 1.29 is 9.47 Å². The number of hydrogen-bond acceptors (Lipinski definition) is 6. The van der Waals surface area contributed by atoms with Crippen molar-refractivity contribution in [2.24, 2.45) is 0 Å². The van der Waals surface area contributed by atoms with E-state index in [0.717, 1.165) is 74.5 Å². The lowest BCUT2D eigenvalue weighted by atomic mass is 9.95. The number of hydrogen-bond donors (Lipinski definition) is 0. The van der Waals surface area contributed by atoms with Crippen LogP contribution >= 0.6 is 11.8 Å². The Kier molecular flexibility index (Phi) is 8.06. The first-order valence-corrected chi connectivity index (χ1v) is 13.8. The predicted molar refractivity (Wildman–Crippen MR) is 140 cm³/mol. The van der Waals surface area contributed by atoms with Crippen LogP contribution < -0.4 is 4.74 Å². The summed E-state index contributed by atoms with van der Waals surface area (Å²) in [6, 6.07) is 17.2. The molecule has 1 atom stereocenters. The summed E-state index contributed by atoms with van der Waals surface area (Å²) in [5, 5.41) is 10.4. The molecule has 35 heavy (non-hydrogen) atoms. The summed E-state index contributed by atoms with van der Waals surface area (Å²) in [7, 11) is 1.73. The average molecular weight is 493 g/mol. The maximum absolute atomic E-state index is 5.85. The molecular weight excluding hydrogens is 456 g/mol. The Morgan fingerprint density at radius 2 is 1.83 bits per heavy atom. The zero-order chi connectivity index (χ0) is 24.0. The first-order valence-electron chi connectivity index (χ1n) is 12.8. The SMILES string of the molecule is COc1ccc(CN2CCC(c3nnc(SC[C@@H]4CCCO4)n3Cc3ccccc3)CC2)cc1C. The van der Waals surface area contributed by atoms with Gasteiger partial charge in [-0.3, -0.25) is 4.90 Å². The highest BCUT2D eigenvalue weighted by molar-refractivity contribution is 7.99. The maximum atomic E-state index is 5.85. The van der Waals surface area contributed by atoms with Crippen LogP contribution in [0.3, 0.4) is 0 Å². The molecule has 0 aliphatic carbocycles. The molecule has 5 rings (SSSR count). The van der Waals surface area contributed by atoms with Gasteiger partial charge < -0.3 is 14.0 Å². The number of nitrogens with zero attached hydrogens (tertiary/aromatic N) is 4. The lowest BCUT2D eigenvalue weighted by molar-refractivity contribution is 0.129. The van der Waals surface area contributed by atoms with E-state index in [1.165, 1.54) is 23.1 Å². The number of ether oxygens (including phenoxy) is 2. The van der Waals surface area contributed by atoms with Gasteiger partial charge in [0.15, 0.2) is 5.16 Å². The quantitative estimate of drug-likeness (QED) is 0.378. The van der Waals surface area contributed by atoms with Crippen molar-refractivity contribution in [1.82, 2.24) is 19.7 Å². The second kappa shape index (κ2) is 11.6. The summed E-state index contributed by atoms with van der Waals surface area (Å²) in [6.45, 7) is 6.96. The van der Waals surface area contributed by atoms with Crippen molar-refractivity contribution >= 4 is 11.8 Å². The molecule has 2 aromatic carbocycles. The number of benzene rings is 2. The van der Waals surface area contributed by atoms with Crippen LogP contribution in [0.1, 0.15) is 54.1 Å². The maximum Gasteiger partial charge on any atom is 0.191 e. The predicted octanol–water partition coefficient (Wildman–Crippen LogP) is 5.29. The lowest BCUT2D eigenvalue weighted by Crippen LogP contribution is -2.33. The van der Waals surface area contributed by atoms with Gasteiger partial charge in [-0.05, 0) is 68.5 Å². The van der Waals surface area contributed by atoms with Crippen LogP contribution in [-0.4, -0.2) is 58.3 Å². The summed E-state index contributed by atoms with van der Waals surface area (Å²) >= 11 is 1.80. The topological polar surface area (TPSA) is 52.4 Å². The molecule has 0 unspecified atom stereocenters. The smallest absolute Gasteiger partial charge is 0.191 e. The fourth-order valence-corrected chi connectivity index (χ4v) is 6.22. The van der Waals surface area contributed by atoms with Crippen molar-refractivity contribution in [2.45, 2.75) is 62.9 Å². The molecule has 0 N–H and O–H groups in total. The Morgan fingerprint density at radius 3 is 2.54 bits per heavy atom. The summed E-state index contributed by atoms with van der Waals surface area (Å²) < 4.78 is 13.6. The highest BCUT2D eigenvalue weighted by atomic mass is 32.2. The van der Waals surface area contributed by atoms with E-state index < -0.39 is 0 Å². The zero-order valence-corrected chi connectivity index (χ0v) is 21.7. The Morgan fingerprint density at radius 1 is 1.00 bits per heavy atom. The number of thioether (sulfide) groups is 1. The van der Waals surface area contributed by atoms with E-state index in [1.807, 2.05) is 0 Å². The fourth-order valence-electron chi connectivity index (χ4n) is 5.21. The number of methoxy groups -OCH3 is 1. The van der Waals surface area contributed by atoms with Gasteiger partial charge in [-0.15, -0.1) is 10.2 Å². The summed E-state index contributed by atoms with van der Waals surface area (Å²) in [5.41, 5.74) is 3.84. The van der Waals surface area contributed by atoms with E-state index in [1.54, 1.807) is 18.9 Å². The Balaban J connectivity index is 1.26. The van der Waals surface area contributed by atoms with Crippen molar-refractivity contribution in [3.8, 4) is 5.75 Å². The van der Waals surface area contributed by atoms with Gasteiger partial charge in [-0.25, -0.2) is 0 Å². The Labute approximate surface area is 213 Å². The standard InChI is InChI=1S/C28H36N4O2S/c1-21-17-23(10-11-26(21)33-2)18-31-14-12-24(13-15-31)27-29-30-28(35-20-25-9-6-16-34-25)32(27)19-22-7-4-3-5-8-22/h3-5,7-8,10-11,17,24-25H,6,9,12-16,18-20H2,1-2H3/t25-/m0/s1. The summed E-state index contributed by atoms with van der Waals surface area (Å²) in [4.78, 5) is 2.56. The van der Waals surface area contributed by atoms with Gasteiger partial charge in [0.1, 0.15) is 11.6 Å². The minimum Gasteiger partial charge on any atom is -0.496 e. The second-order valence-corrected chi connectivity index (χ2v) is 10.7. The van der Waals surface area contributed by atoms with Crippen LogP contribution in [0.5, 0.6) is 5.75 Å². The molecule has 0 amide bonds. The van der Waals surface area contributed by atoms with E-state index in [0.29, 0.717) is 12.0 Å². The molecule has 186 valence electrons. The summed E-state index contributed by atoms with van der Waals surface area (Å²) in [6.07, 6.45) is 4.88. The molecule has 0 bridgehead atoms. The van der Waals surface area contributed by atoms with E-state index in [4.69, 9.17) is 14.6 Å². The van der Waals surface area contributed by atoms with Crippen LogP contribution in [-0.2, 0) is 17.8 Å². The van der Waals surface area contributed by atoms with E-state index >= 15 is 0 Å². The van der Waals surface area contributed by atoms with Crippen molar-refractivity contribution in [1.29, 1.82) is 0 Å². The third-order valence-electron chi connectivity index (χ3n) is 7.17. The molecule has 3 aromatic rings. The lowest BCUT2D eigenvalue weighted by Gasteiger charge is -2.32. The van der Waals surface area contributed by atoms with Gasteiger partial charge in [0.05, 0.1) is 19.8 Å². The molecule has 0 saturated carbocycles. The van der Waals surface area contributed by atoms with E-state index in [-0.39, 0.29) is 0 Å². The van der Waals surface area contributed by atoms with Gasteiger partial charge >= 0.3 is 0 Å². The first-order chi connectivity index (χ1) is 17.2. The van der Waals surface area contributed by atoms with Crippen molar-refractivity contribution in [3.63, 3.8) is 0 Å². The van der Waals surface area contributed by atoms with Gasteiger partial charge in [-0.1, -0.05) is 54.2 Å². The van der Waals surface area contributed by atoms with Crippen LogP contribution in [0.2, 0.25) is 0 Å². The normalized spacial score (nSPS) is 19.3. The third kappa shape index (κ3) is 6.08. The van der Waals surface area contributed by atoms with Crippen LogP contribution in [0.25, 0.3) is 0 Å². The number of aryl methyl sites for hydroxylation is 1. The molecule has 7 heteroatoms. The molecular formula is C28H36N4O2S. The molecule has 0 radical (unpaired) electrons. The number of aromatic nitrogens is 3. The molecule has 6 nitrogen and oxygen atoms in total. The molecule has 2 saturated heterocycles. The van der Waals surface area contributed by atoms with Gasteiger partial charge in [-0.2, -0.15) is 0 Å². The highest BCUT2D eigenvalue weighted by Gasteiger charge is 2.27. The number of rotatable bonds is 9. The minimum absolute atomic E-state index is 0.343. The third-order valence-corrected chi connectivity index (χ3v) is 8.27. The van der Waals surface area contributed by atoms with Crippen molar-refractivity contribution in [3.05, 3.63) is 71.0 Å².